The van der Waals surface area contributed by atoms with E-state index in [0.717, 1.165) is 17.8 Å². The smallest absolute Gasteiger partial charge is 0.110 e. The number of para-hydroxylation sites is 1. The molecule has 6 rings (SSSR count). The van der Waals surface area contributed by atoms with Gasteiger partial charge in [-0.25, -0.2) is 0 Å². The van der Waals surface area contributed by atoms with E-state index in [4.69, 9.17) is 0 Å². The maximum Gasteiger partial charge on any atom is 0.110 e. The van der Waals surface area contributed by atoms with Gasteiger partial charge in [-0.1, -0.05) is 69.2 Å². The molecule has 0 bridgehead atoms. The number of hydrogen-bond acceptors (Lipinski definition) is 2. The molecule has 2 unspecified atom stereocenters. The largest absolute Gasteiger partial charge is 0.339 e. The zero-order chi connectivity index (χ0) is 21.7. The van der Waals surface area contributed by atoms with Crippen LogP contribution >= 0.6 is 0 Å². The van der Waals surface area contributed by atoms with Crippen molar-refractivity contribution in [1.29, 1.82) is 0 Å². The van der Waals surface area contributed by atoms with Crippen molar-refractivity contribution in [3.63, 3.8) is 0 Å². The fraction of sp³-hybridized carbons (Fsp3) is 0.667. The van der Waals surface area contributed by atoms with Crippen LogP contribution in [0.3, 0.4) is 0 Å². The molecule has 3 fully saturated rings. The first-order valence-corrected chi connectivity index (χ1v) is 13.8. The van der Waals surface area contributed by atoms with Gasteiger partial charge in [0.05, 0.1) is 11.2 Å². The molecule has 2 heteroatoms. The van der Waals surface area contributed by atoms with E-state index in [2.05, 4.69) is 60.1 Å². The summed E-state index contributed by atoms with van der Waals surface area (Å²) in [5.41, 5.74) is 6.19. The second-order valence-corrected chi connectivity index (χ2v) is 11.5. The summed E-state index contributed by atoms with van der Waals surface area (Å²) in [5, 5.41) is 0. The molecule has 0 aromatic heterocycles. The first-order chi connectivity index (χ1) is 15.7. The van der Waals surface area contributed by atoms with Crippen LogP contribution in [0.25, 0.3) is 0 Å². The Balaban J connectivity index is 1.50. The summed E-state index contributed by atoms with van der Waals surface area (Å²) >= 11 is 0. The predicted molar refractivity (Wildman–Crippen MR) is 134 cm³/mol. The van der Waals surface area contributed by atoms with Crippen LogP contribution in [0.4, 0.5) is 5.69 Å². The maximum absolute atomic E-state index is 3.05. The van der Waals surface area contributed by atoms with Crippen molar-refractivity contribution in [3.8, 4) is 0 Å². The van der Waals surface area contributed by atoms with Gasteiger partial charge in [0.15, 0.2) is 0 Å². The molecule has 0 radical (unpaired) electrons. The molecule has 0 spiro atoms. The van der Waals surface area contributed by atoms with E-state index >= 15 is 0 Å². The molecule has 0 amide bonds. The van der Waals surface area contributed by atoms with E-state index in [9.17, 15) is 0 Å². The Morgan fingerprint density at radius 3 is 2.00 bits per heavy atom. The predicted octanol–water partition coefficient (Wildman–Crippen LogP) is 7.94. The molecular formula is C30H42N2. The summed E-state index contributed by atoms with van der Waals surface area (Å²) in [6.07, 6.45) is 24.4. The highest BCUT2D eigenvalue weighted by Crippen LogP contribution is 2.58. The molecule has 0 saturated heterocycles. The maximum atomic E-state index is 3.05. The lowest BCUT2D eigenvalue weighted by Gasteiger charge is -2.54. The average Bonchev–Trinajstić information content (AvgIpc) is 3.61. The second kappa shape index (κ2) is 8.26. The molecular weight excluding hydrogens is 388 g/mol. The summed E-state index contributed by atoms with van der Waals surface area (Å²) < 4.78 is 0. The number of fused-ring (bicyclic) bond motifs is 1. The van der Waals surface area contributed by atoms with Gasteiger partial charge in [-0.3, -0.25) is 0 Å². The minimum atomic E-state index is 0.262. The number of aryl methyl sites for hydroxylation is 1. The Hall–Kier alpha value is -1.70. The van der Waals surface area contributed by atoms with E-state index in [1.807, 2.05) is 0 Å². The summed E-state index contributed by atoms with van der Waals surface area (Å²) in [5.74, 6) is 2.46. The van der Waals surface area contributed by atoms with Crippen LogP contribution in [-0.2, 0) is 0 Å². The molecule has 2 aliphatic heterocycles. The number of hydrogen-bond donors (Lipinski definition) is 0. The van der Waals surface area contributed by atoms with Crippen molar-refractivity contribution in [2.75, 3.05) is 4.90 Å². The minimum absolute atomic E-state index is 0.262. The SMILES string of the molecule is CC1=C2C=CC(C3CCCCC3)(C3CCCC3)N2C(C2CCCC2)N1c1ccccc1C. The zero-order valence-corrected chi connectivity index (χ0v) is 20.4. The molecule has 5 aliphatic rings. The molecule has 1 aromatic carbocycles. The van der Waals surface area contributed by atoms with Gasteiger partial charge in [-0.15, -0.1) is 0 Å². The molecule has 2 nitrogen and oxygen atoms in total. The third-order valence-electron chi connectivity index (χ3n) is 9.91. The Morgan fingerprint density at radius 1 is 0.750 bits per heavy atom. The topological polar surface area (TPSA) is 6.48 Å². The summed E-state index contributed by atoms with van der Waals surface area (Å²) in [7, 11) is 0. The number of rotatable bonds is 4. The standard InChI is InChI=1S/C30H42N2/c1-22-12-6-11-19-27(22)31-23(2)28-20-21-30(26-17-9-10-18-26,25-15-4-3-5-16-25)32(28)29(31)24-13-7-8-14-24/h6,11-12,19-21,24-26,29H,3-5,7-10,13-18H2,1-2H3. The van der Waals surface area contributed by atoms with Crippen LogP contribution in [-0.4, -0.2) is 16.6 Å². The van der Waals surface area contributed by atoms with Crippen LogP contribution in [0.15, 0.2) is 47.8 Å². The number of anilines is 1. The third-order valence-corrected chi connectivity index (χ3v) is 9.91. The Kier molecular flexibility index (Phi) is 5.39. The molecule has 32 heavy (non-hydrogen) atoms. The number of benzene rings is 1. The lowest BCUT2D eigenvalue weighted by Crippen LogP contribution is -2.60. The van der Waals surface area contributed by atoms with Crippen molar-refractivity contribution in [2.45, 2.75) is 109 Å². The Labute approximate surface area is 195 Å². The van der Waals surface area contributed by atoms with Crippen molar-refractivity contribution in [1.82, 2.24) is 4.90 Å². The van der Waals surface area contributed by atoms with Crippen LogP contribution in [0.2, 0.25) is 0 Å². The molecule has 3 saturated carbocycles. The second-order valence-electron chi connectivity index (χ2n) is 11.5. The van der Waals surface area contributed by atoms with Crippen molar-refractivity contribution >= 4 is 5.69 Å². The molecule has 172 valence electrons. The van der Waals surface area contributed by atoms with E-state index in [1.165, 1.54) is 100 Å². The Morgan fingerprint density at radius 2 is 1.34 bits per heavy atom. The van der Waals surface area contributed by atoms with E-state index in [0.29, 0.717) is 6.17 Å². The Bertz CT molecular complexity index is 895. The fourth-order valence-electron chi connectivity index (χ4n) is 8.47. The highest BCUT2D eigenvalue weighted by molar-refractivity contribution is 5.63. The van der Waals surface area contributed by atoms with Crippen LogP contribution in [0.1, 0.15) is 96.0 Å². The molecule has 3 aliphatic carbocycles. The zero-order valence-electron chi connectivity index (χ0n) is 20.4. The highest BCUT2D eigenvalue weighted by atomic mass is 15.5. The minimum Gasteiger partial charge on any atom is -0.339 e. The van der Waals surface area contributed by atoms with Gasteiger partial charge in [0.2, 0.25) is 0 Å². The van der Waals surface area contributed by atoms with Gasteiger partial charge < -0.3 is 9.80 Å². The van der Waals surface area contributed by atoms with Crippen LogP contribution in [0.5, 0.6) is 0 Å². The van der Waals surface area contributed by atoms with Crippen molar-refractivity contribution in [3.05, 3.63) is 53.4 Å². The number of allylic oxidation sites excluding steroid dienone is 2. The highest BCUT2D eigenvalue weighted by Gasteiger charge is 2.58. The van der Waals surface area contributed by atoms with Crippen molar-refractivity contribution < 1.29 is 0 Å². The molecule has 0 N–H and O–H groups in total. The van der Waals surface area contributed by atoms with Gasteiger partial charge >= 0.3 is 0 Å². The van der Waals surface area contributed by atoms with Gasteiger partial charge in [-0.05, 0) is 87.8 Å². The number of nitrogens with zero attached hydrogens (tertiary/aromatic N) is 2. The quantitative estimate of drug-likeness (QED) is 0.478. The monoisotopic (exact) mass is 430 g/mol. The van der Waals surface area contributed by atoms with Crippen LogP contribution in [0, 0.1) is 24.7 Å². The van der Waals surface area contributed by atoms with E-state index in [-0.39, 0.29) is 5.54 Å². The lowest BCUT2D eigenvalue weighted by atomic mass is 9.66. The van der Waals surface area contributed by atoms with Gasteiger partial charge in [-0.2, -0.15) is 0 Å². The fourth-order valence-corrected chi connectivity index (χ4v) is 8.47. The molecule has 2 heterocycles. The van der Waals surface area contributed by atoms with E-state index in [1.54, 1.807) is 5.70 Å². The van der Waals surface area contributed by atoms with Gasteiger partial charge in [0.25, 0.3) is 0 Å². The lowest BCUT2D eigenvalue weighted by molar-refractivity contribution is 0.00784. The molecule has 1 aromatic rings. The summed E-state index contributed by atoms with van der Waals surface area (Å²) in [6.45, 7) is 4.73. The van der Waals surface area contributed by atoms with Gasteiger partial charge in [0.1, 0.15) is 6.17 Å². The normalized spacial score (nSPS) is 32.0. The summed E-state index contributed by atoms with van der Waals surface area (Å²) in [6, 6.07) is 9.14. The summed E-state index contributed by atoms with van der Waals surface area (Å²) in [4.78, 5) is 5.84. The average molecular weight is 431 g/mol. The van der Waals surface area contributed by atoms with Crippen molar-refractivity contribution in [2.24, 2.45) is 17.8 Å². The van der Waals surface area contributed by atoms with Gasteiger partial charge in [0, 0.05) is 11.4 Å². The first kappa shape index (κ1) is 20.9. The van der Waals surface area contributed by atoms with E-state index < -0.39 is 0 Å². The third kappa shape index (κ3) is 3.04. The first-order valence-electron chi connectivity index (χ1n) is 13.8. The van der Waals surface area contributed by atoms with Crippen LogP contribution < -0.4 is 4.90 Å². The molecule has 2 atom stereocenters.